The van der Waals surface area contributed by atoms with E-state index < -0.39 is 5.82 Å². The summed E-state index contributed by atoms with van der Waals surface area (Å²) < 4.78 is 20.0. The number of halogens is 3. The first-order valence-corrected chi connectivity index (χ1v) is 10.4. The van der Waals surface area contributed by atoms with Crippen molar-refractivity contribution >= 4 is 55.6 Å². The zero-order valence-corrected chi connectivity index (χ0v) is 18.6. The molecule has 0 aliphatic carbocycles. The Morgan fingerprint density at radius 1 is 1.32 bits per heavy atom. The second-order valence-electron chi connectivity index (χ2n) is 6.25. The van der Waals surface area contributed by atoms with Crippen LogP contribution in [0.3, 0.4) is 0 Å². The van der Waals surface area contributed by atoms with Crippen molar-refractivity contribution in [2.24, 2.45) is 0 Å². The molecule has 2 aromatic carbocycles. The number of aromatic nitrogens is 1. The number of hydrogen-bond acceptors (Lipinski definition) is 4. The minimum absolute atomic E-state index is 0.0847. The number of anilines is 2. The van der Waals surface area contributed by atoms with Crippen LogP contribution in [-0.4, -0.2) is 10.9 Å². The fraction of sp³-hybridized carbons (Fsp3) is 0.200. The Kier molecular flexibility index (Phi) is 6.37. The summed E-state index contributed by atoms with van der Waals surface area (Å²) in [5.74, 6) is -0.523. The second kappa shape index (κ2) is 8.59. The van der Waals surface area contributed by atoms with Crippen molar-refractivity contribution in [3.63, 3.8) is 0 Å². The van der Waals surface area contributed by atoms with Gasteiger partial charge in [-0.3, -0.25) is 9.69 Å². The molecule has 3 rings (SSSR count). The Balaban J connectivity index is 1.85. The van der Waals surface area contributed by atoms with Crippen molar-refractivity contribution in [2.45, 2.75) is 27.4 Å². The smallest absolute Gasteiger partial charge is 0.230 e. The van der Waals surface area contributed by atoms with Gasteiger partial charge in [0.25, 0.3) is 0 Å². The molecule has 146 valence electrons. The third kappa shape index (κ3) is 4.54. The summed E-state index contributed by atoms with van der Waals surface area (Å²) in [7, 11) is 0. The first kappa shape index (κ1) is 20.8. The molecule has 3 aromatic rings. The van der Waals surface area contributed by atoms with Gasteiger partial charge < -0.3 is 4.74 Å². The maximum Gasteiger partial charge on any atom is 0.230 e. The predicted molar refractivity (Wildman–Crippen MR) is 114 cm³/mol. The van der Waals surface area contributed by atoms with E-state index in [2.05, 4.69) is 20.9 Å². The van der Waals surface area contributed by atoms with Crippen LogP contribution in [0.2, 0.25) is 5.02 Å². The first-order valence-electron chi connectivity index (χ1n) is 8.36. The molecule has 0 atom stereocenters. The largest absolute Gasteiger partial charge is 0.484 e. The lowest BCUT2D eigenvalue weighted by Crippen LogP contribution is -2.24. The van der Waals surface area contributed by atoms with Gasteiger partial charge in [-0.05, 0) is 49.2 Å². The molecule has 0 saturated carbocycles. The Morgan fingerprint density at radius 3 is 2.71 bits per heavy atom. The summed E-state index contributed by atoms with van der Waals surface area (Å²) in [6.07, 6.45) is 0. The maximum absolute atomic E-state index is 13.9. The Morgan fingerprint density at radius 2 is 2.07 bits per heavy atom. The van der Waals surface area contributed by atoms with E-state index >= 15 is 0 Å². The lowest BCUT2D eigenvalue weighted by atomic mass is 10.1. The number of nitrogens with zero attached hydrogens (tertiary/aromatic N) is 2. The van der Waals surface area contributed by atoms with Crippen molar-refractivity contribution in [2.75, 3.05) is 4.90 Å². The SMILES string of the molecule is CC(=O)N(c1nc(COc2ccc(Br)cc2F)cs1)c1c(C)cc(C)cc1Cl. The molecule has 0 aliphatic rings. The Labute approximate surface area is 180 Å². The average Bonchev–Trinajstić information content (AvgIpc) is 3.05. The Hall–Kier alpha value is -1.96. The van der Waals surface area contributed by atoms with Crippen LogP contribution in [0, 0.1) is 19.7 Å². The van der Waals surface area contributed by atoms with E-state index in [1.807, 2.05) is 26.0 Å². The number of rotatable bonds is 5. The number of benzene rings is 2. The van der Waals surface area contributed by atoms with Crippen LogP contribution in [0.1, 0.15) is 23.7 Å². The minimum atomic E-state index is -0.461. The van der Waals surface area contributed by atoms with Crippen LogP contribution in [-0.2, 0) is 11.4 Å². The van der Waals surface area contributed by atoms with Crippen molar-refractivity contribution in [3.05, 3.63) is 67.8 Å². The van der Waals surface area contributed by atoms with E-state index in [4.69, 9.17) is 16.3 Å². The van der Waals surface area contributed by atoms with Crippen molar-refractivity contribution in [1.29, 1.82) is 0 Å². The zero-order valence-electron chi connectivity index (χ0n) is 15.4. The number of carbonyl (C=O) groups excluding carboxylic acids is 1. The van der Waals surface area contributed by atoms with Crippen molar-refractivity contribution in [3.8, 4) is 5.75 Å². The van der Waals surface area contributed by atoms with Crippen molar-refractivity contribution < 1.29 is 13.9 Å². The molecule has 4 nitrogen and oxygen atoms in total. The average molecular weight is 484 g/mol. The van der Waals surface area contributed by atoms with Crippen LogP contribution in [0.5, 0.6) is 5.75 Å². The molecule has 0 fully saturated rings. The van der Waals surface area contributed by atoms with E-state index in [1.165, 1.54) is 29.2 Å². The second-order valence-corrected chi connectivity index (χ2v) is 8.41. The van der Waals surface area contributed by atoms with Crippen LogP contribution in [0.25, 0.3) is 0 Å². The topological polar surface area (TPSA) is 42.4 Å². The van der Waals surface area contributed by atoms with Gasteiger partial charge in [-0.1, -0.05) is 33.6 Å². The molecule has 28 heavy (non-hydrogen) atoms. The summed E-state index contributed by atoms with van der Waals surface area (Å²) in [5.41, 5.74) is 3.10. The molecule has 0 aliphatic heterocycles. The lowest BCUT2D eigenvalue weighted by Gasteiger charge is -2.22. The highest BCUT2D eigenvalue weighted by molar-refractivity contribution is 9.10. The number of thiazole rings is 1. The number of ether oxygens (including phenoxy) is 1. The van der Waals surface area contributed by atoms with Crippen LogP contribution in [0.15, 0.2) is 40.2 Å². The molecule has 0 bridgehead atoms. The first-order chi connectivity index (χ1) is 13.3. The van der Waals surface area contributed by atoms with Gasteiger partial charge in [0.2, 0.25) is 5.91 Å². The fourth-order valence-electron chi connectivity index (χ4n) is 2.79. The minimum Gasteiger partial charge on any atom is -0.484 e. The third-order valence-electron chi connectivity index (χ3n) is 3.94. The summed E-state index contributed by atoms with van der Waals surface area (Å²) in [4.78, 5) is 18.3. The van der Waals surface area contributed by atoms with Gasteiger partial charge in [-0.15, -0.1) is 11.3 Å². The van der Waals surface area contributed by atoms with Crippen molar-refractivity contribution in [1.82, 2.24) is 4.98 Å². The number of amides is 1. The molecular formula is C20H17BrClFN2O2S. The zero-order chi connectivity index (χ0) is 20.4. The maximum atomic E-state index is 13.9. The number of hydrogen-bond donors (Lipinski definition) is 0. The summed E-state index contributed by atoms with van der Waals surface area (Å²) in [6.45, 7) is 5.39. The van der Waals surface area contributed by atoms with Crippen LogP contribution < -0.4 is 9.64 Å². The van der Waals surface area contributed by atoms with Gasteiger partial charge in [-0.25, -0.2) is 9.37 Å². The molecule has 0 saturated heterocycles. The van der Waals surface area contributed by atoms with E-state index in [1.54, 1.807) is 17.5 Å². The Bertz CT molecular complexity index is 1020. The molecule has 1 amide bonds. The predicted octanol–water partition coefficient (Wildman–Crippen LogP) is 6.58. The summed E-state index contributed by atoms with van der Waals surface area (Å²) in [5, 5.41) is 2.74. The molecule has 0 spiro atoms. The van der Waals surface area contributed by atoms with Crippen LogP contribution >= 0.6 is 38.9 Å². The normalized spacial score (nSPS) is 10.8. The van der Waals surface area contributed by atoms with E-state index in [0.29, 0.717) is 26.0 Å². The van der Waals surface area contributed by atoms with Crippen LogP contribution in [0.4, 0.5) is 15.2 Å². The number of carbonyl (C=O) groups is 1. The highest BCUT2D eigenvalue weighted by atomic mass is 79.9. The lowest BCUT2D eigenvalue weighted by molar-refractivity contribution is -0.115. The molecule has 0 unspecified atom stereocenters. The number of aryl methyl sites for hydroxylation is 2. The molecule has 0 radical (unpaired) electrons. The highest BCUT2D eigenvalue weighted by Gasteiger charge is 2.22. The van der Waals surface area contributed by atoms with Gasteiger partial charge >= 0.3 is 0 Å². The third-order valence-corrected chi connectivity index (χ3v) is 5.59. The van der Waals surface area contributed by atoms with Gasteiger partial charge in [0, 0.05) is 16.8 Å². The summed E-state index contributed by atoms with van der Waals surface area (Å²) >= 11 is 10.9. The molecule has 1 aromatic heterocycles. The summed E-state index contributed by atoms with van der Waals surface area (Å²) in [6, 6.07) is 8.36. The molecule has 8 heteroatoms. The van der Waals surface area contributed by atoms with Gasteiger partial charge in [0.05, 0.1) is 16.4 Å². The van der Waals surface area contributed by atoms with Gasteiger partial charge in [0.15, 0.2) is 16.7 Å². The standard InChI is InChI=1S/C20H17BrClFN2O2S/c1-11-6-12(2)19(16(22)7-11)25(13(3)26)20-24-15(10-28-20)9-27-18-5-4-14(21)8-17(18)23/h4-8,10H,9H2,1-3H3. The monoisotopic (exact) mass is 482 g/mol. The highest BCUT2D eigenvalue weighted by Crippen LogP contribution is 2.37. The quantitative estimate of drug-likeness (QED) is 0.412. The molecule has 1 heterocycles. The van der Waals surface area contributed by atoms with Gasteiger partial charge in [-0.2, -0.15) is 0 Å². The van der Waals surface area contributed by atoms with E-state index in [0.717, 1.165) is 11.1 Å². The molecular weight excluding hydrogens is 467 g/mol. The fourth-order valence-corrected chi connectivity index (χ4v) is 4.38. The molecule has 0 N–H and O–H groups in total. The van der Waals surface area contributed by atoms with Gasteiger partial charge in [0.1, 0.15) is 6.61 Å². The van der Waals surface area contributed by atoms with E-state index in [-0.39, 0.29) is 18.3 Å². The van der Waals surface area contributed by atoms with E-state index in [9.17, 15) is 9.18 Å².